The van der Waals surface area contributed by atoms with Crippen molar-refractivity contribution in [1.29, 1.82) is 0 Å². The van der Waals surface area contributed by atoms with Crippen LogP contribution >= 0.6 is 11.8 Å². The molecule has 1 aromatic rings. The highest BCUT2D eigenvalue weighted by Crippen LogP contribution is 2.24. The van der Waals surface area contributed by atoms with Crippen LogP contribution < -0.4 is 10.2 Å². The van der Waals surface area contributed by atoms with E-state index in [0.29, 0.717) is 6.04 Å². The first-order valence-electron chi connectivity index (χ1n) is 7.23. The number of pyridine rings is 1. The average molecular weight is 279 g/mol. The van der Waals surface area contributed by atoms with E-state index in [4.69, 9.17) is 4.98 Å². The van der Waals surface area contributed by atoms with Gasteiger partial charge >= 0.3 is 0 Å². The highest BCUT2D eigenvalue weighted by molar-refractivity contribution is 7.99. The lowest BCUT2D eigenvalue weighted by molar-refractivity contribution is 0.684. The molecule has 4 heteroatoms. The summed E-state index contributed by atoms with van der Waals surface area (Å²) < 4.78 is 0. The van der Waals surface area contributed by atoms with E-state index in [1.54, 1.807) is 0 Å². The van der Waals surface area contributed by atoms with Crippen LogP contribution in [0, 0.1) is 0 Å². The summed E-state index contributed by atoms with van der Waals surface area (Å²) in [7, 11) is 2.00. The Balaban J connectivity index is 2.26. The molecule has 1 atom stereocenters. The predicted octanol–water partition coefficient (Wildman–Crippen LogP) is 2.70. The zero-order valence-electron chi connectivity index (χ0n) is 12.3. The molecule has 0 aromatic carbocycles. The zero-order chi connectivity index (χ0) is 13.7. The van der Waals surface area contributed by atoms with Crippen molar-refractivity contribution in [2.45, 2.75) is 39.3 Å². The Labute approximate surface area is 121 Å². The van der Waals surface area contributed by atoms with Crippen LogP contribution in [0.2, 0.25) is 0 Å². The molecule has 0 spiro atoms. The molecule has 0 amide bonds. The van der Waals surface area contributed by atoms with Crippen molar-refractivity contribution in [3.63, 3.8) is 0 Å². The van der Waals surface area contributed by atoms with Crippen LogP contribution in [0.3, 0.4) is 0 Å². The van der Waals surface area contributed by atoms with E-state index in [1.807, 2.05) is 18.8 Å². The Morgan fingerprint density at radius 3 is 3.00 bits per heavy atom. The number of hydrogen-bond donors (Lipinski definition) is 1. The van der Waals surface area contributed by atoms with Crippen molar-refractivity contribution >= 4 is 17.6 Å². The maximum absolute atomic E-state index is 4.87. The molecule has 1 aliphatic rings. The molecule has 2 rings (SSSR count). The molecule has 19 heavy (non-hydrogen) atoms. The molecule has 1 aromatic heterocycles. The smallest absolute Gasteiger partial charge is 0.129 e. The largest absolute Gasteiger partial charge is 0.352 e. The SMILES string of the molecule is CCCc1cc(CNC)cc(N2CCSCC2C)n1. The number of aryl methyl sites for hydroxylation is 1. The first-order chi connectivity index (χ1) is 9.24. The van der Waals surface area contributed by atoms with E-state index in [1.165, 1.54) is 28.6 Å². The van der Waals surface area contributed by atoms with Crippen molar-refractivity contribution in [1.82, 2.24) is 10.3 Å². The predicted molar refractivity (Wildman–Crippen MR) is 85.1 cm³/mol. The van der Waals surface area contributed by atoms with Gasteiger partial charge in [-0.25, -0.2) is 4.98 Å². The fourth-order valence-corrected chi connectivity index (χ4v) is 3.55. The Morgan fingerprint density at radius 2 is 2.32 bits per heavy atom. The van der Waals surface area contributed by atoms with Gasteiger partial charge in [-0.05, 0) is 38.1 Å². The third-order valence-corrected chi connectivity index (χ3v) is 4.66. The van der Waals surface area contributed by atoms with Gasteiger partial charge in [0.05, 0.1) is 0 Å². The van der Waals surface area contributed by atoms with E-state index in [9.17, 15) is 0 Å². The normalized spacial score (nSPS) is 19.7. The molecule has 3 nitrogen and oxygen atoms in total. The topological polar surface area (TPSA) is 28.2 Å². The van der Waals surface area contributed by atoms with Crippen LogP contribution in [0.1, 0.15) is 31.5 Å². The number of nitrogens with one attached hydrogen (secondary N) is 1. The van der Waals surface area contributed by atoms with Gasteiger partial charge in [0.2, 0.25) is 0 Å². The van der Waals surface area contributed by atoms with Gasteiger partial charge in [-0.1, -0.05) is 13.3 Å². The lowest BCUT2D eigenvalue weighted by Gasteiger charge is -2.34. The van der Waals surface area contributed by atoms with Gasteiger partial charge in [0.25, 0.3) is 0 Å². The van der Waals surface area contributed by atoms with Gasteiger partial charge in [-0.3, -0.25) is 0 Å². The summed E-state index contributed by atoms with van der Waals surface area (Å²) in [4.78, 5) is 7.34. The van der Waals surface area contributed by atoms with Gasteiger partial charge in [0.15, 0.2) is 0 Å². The molecule has 1 N–H and O–H groups in total. The molecule has 0 radical (unpaired) electrons. The van der Waals surface area contributed by atoms with E-state index in [-0.39, 0.29) is 0 Å². The number of rotatable bonds is 5. The highest BCUT2D eigenvalue weighted by Gasteiger charge is 2.20. The highest BCUT2D eigenvalue weighted by atomic mass is 32.2. The molecule has 1 saturated heterocycles. The summed E-state index contributed by atoms with van der Waals surface area (Å²) in [6, 6.07) is 5.08. The molecule has 1 aliphatic heterocycles. The molecule has 0 saturated carbocycles. The maximum atomic E-state index is 4.87. The Hall–Kier alpha value is -0.740. The number of hydrogen-bond acceptors (Lipinski definition) is 4. The minimum absolute atomic E-state index is 0.588. The molecule has 0 bridgehead atoms. The standard InChI is InChI=1S/C15H25N3S/c1-4-5-14-8-13(10-16-3)9-15(17-14)18-6-7-19-11-12(18)2/h8-9,12,16H,4-7,10-11H2,1-3H3. The minimum Gasteiger partial charge on any atom is -0.352 e. The minimum atomic E-state index is 0.588. The van der Waals surface area contributed by atoms with Crippen LogP contribution in [-0.4, -0.2) is 36.1 Å². The average Bonchev–Trinajstić information content (AvgIpc) is 2.40. The molecule has 1 fully saturated rings. The first kappa shape index (κ1) is 14.7. The number of thioether (sulfide) groups is 1. The van der Waals surface area contributed by atoms with Crippen LogP contribution in [0.25, 0.3) is 0 Å². The van der Waals surface area contributed by atoms with E-state index in [2.05, 4.69) is 36.2 Å². The molecular weight excluding hydrogens is 254 g/mol. The van der Waals surface area contributed by atoms with E-state index >= 15 is 0 Å². The summed E-state index contributed by atoms with van der Waals surface area (Å²) in [5, 5.41) is 3.24. The Bertz CT molecular complexity index is 384. The summed E-state index contributed by atoms with van der Waals surface area (Å²) in [5.74, 6) is 3.59. The second-order valence-electron chi connectivity index (χ2n) is 5.22. The maximum Gasteiger partial charge on any atom is 0.129 e. The third-order valence-electron chi connectivity index (χ3n) is 3.47. The van der Waals surface area contributed by atoms with Gasteiger partial charge in [-0.15, -0.1) is 0 Å². The van der Waals surface area contributed by atoms with Crippen molar-refractivity contribution in [2.24, 2.45) is 0 Å². The summed E-state index contributed by atoms with van der Waals surface area (Å²) >= 11 is 2.05. The number of anilines is 1. The number of aromatic nitrogens is 1. The summed E-state index contributed by atoms with van der Waals surface area (Å²) in [5.41, 5.74) is 2.58. The first-order valence-corrected chi connectivity index (χ1v) is 8.39. The van der Waals surface area contributed by atoms with Gasteiger partial charge < -0.3 is 10.2 Å². The van der Waals surface area contributed by atoms with Crippen LogP contribution in [0.4, 0.5) is 5.82 Å². The van der Waals surface area contributed by atoms with Crippen LogP contribution in [0.15, 0.2) is 12.1 Å². The van der Waals surface area contributed by atoms with Gasteiger partial charge in [0.1, 0.15) is 5.82 Å². The van der Waals surface area contributed by atoms with Crippen LogP contribution in [-0.2, 0) is 13.0 Å². The second kappa shape index (κ2) is 7.15. The molecule has 0 aliphatic carbocycles. The van der Waals surface area contributed by atoms with Crippen molar-refractivity contribution in [3.8, 4) is 0 Å². The quantitative estimate of drug-likeness (QED) is 0.897. The van der Waals surface area contributed by atoms with Gasteiger partial charge in [0, 0.05) is 36.3 Å². The summed E-state index contributed by atoms with van der Waals surface area (Å²) in [6.07, 6.45) is 2.22. The van der Waals surface area contributed by atoms with Crippen molar-refractivity contribution in [2.75, 3.05) is 30.0 Å². The molecular formula is C15H25N3S. The monoisotopic (exact) mass is 279 g/mol. The van der Waals surface area contributed by atoms with E-state index < -0.39 is 0 Å². The van der Waals surface area contributed by atoms with E-state index in [0.717, 1.165) is 25.9 Å². The van der Waals surface area contributed by atoms with Crippen molar-refractivity contribution in [3.05, 3.63) is 23.4 Å². The number of nitrogens with zero attached hydrogens (tertiary/aromatic N) is 2. The molecule has 2 heterocycles. The fraction of sp³-hybridized carbons (Fsp3) is 0.667. The van der Waals surface area contributed by atoms with Crippen molar-refractivity contribution < 1.29 is 0 Å². The summed E-state index contributed by atoms with van der Waals surface area (Å²) in [6.45, 7) is 6.56. The lowest BCUT2D eigenvalue weighted by Crippen LogP contribution is -2.41. The lowest BCUT2D eigenvalue weighted by atomic mass is 10.1. The second-order valence-corrected chi connectivity index (χ2v) is 6.37. The Morgan fingerprint density at radius 1 is 1.47 bits per heavy atom. The van der Waals surface area contributed by atoms with Gasteiger partial charge in [-0.2, -0.15) is 11.8 Å². The Kier molecular flexibility index (Phi) is 5.52. The molecule has 1 unspecified atom stereocenters. The zero-order valence-corrected chi connectivity index (χ0v) is 13.1. The molecule has 106 valence electrons. The third kappa shape index (κ3) is 3.86. The van der Waals surface area contributed by atoms with Crippen LogP contribution in [0.5, 0.6) is 0 Å². The fourth-order valence-electron chi connectivity index (χ4n) is 2.54.